The van der Waals surface area contributed by atoms with Gasteiger partial charge in [-0.25, -0.2) is 10.8 Å². The van der Waals surface area contributed by atoms with Crippen LogP contribution in [0.1, 0.15) is 39.5 Å². The Balaban J connectivity index is 3.02. The lowest BCUT2D eigenvalue weighted by Gasteiger charge is -2.23. The number of nitrogens with one attached hydrogen (secondary N) is 1. The number of hydrogen-bond acceptors (Lipinski definition) is 6. The van der Waals surface area contributed by atoms with Gasteiger partial charge in [-0.1, -0.05) is 26.7 Å². The van der Waals surface area contributed by atoms with Crippen LogP contribution >= 0.6 is 0 Å². The molecule has 0 saturated heterocycles. The summed E-state index contributed by atoms with van der Waals surface area (Å²) in [6.45, 7) is 5.92. The quantitative estimate of drug-likeness (QED) is 0.410. The van der Waals surface area contributed by atoms with Gasteiger partial charge in [0.2, 0.25) is 0 Å². The Morgan fingerprint density at radius 1 is 1.30 bits per heavy atom. The van der Waals surface area contributed by atoms with Crippen LogP contribution in [0.25, 0.3) is 0 Å². The van der Waals surface area contributed by atoms with E-state index in [1.54, 1.807) is 0 Å². The van der Waals surface area contributed by atoms with Crippen molar-refractivity contribution in [2.75, 3.05) is 23.4 Å². The molecule has 0 atom stereocenters. The Kier molecular flexibility index (Phi) is 6.72. The number of aromatic nitrogens is 1. The average molecular weight is 281 g/mol. The van der Waals surface area contributed by atoms with Crippen molar-refractivity contribution < 1.29 is 4.92 Å². The summed E-state index contributed by atoms with van der Waals surface area (Å²) in [4.78, 5) is 16.9. The standard InChI is InChI=1S/C13H23N5O2/c1-3-5-7-17(8-6-4-2)13-10-11(18(19)20)9-12(15-13)16-14/h9-10H,3-8,14H2,1-2H3,(H,15,16). The molecule has 1 rings (SSSR count). The highest BCUT2D eigenvalue weighted by atomic mass is 16.6. The molecule has 112 valence electrons. The minimum atomic E-state index is -0.427. The second-order valence-corrected chi connectivity index (χ2v) is 4.66. The maximum atomic E-state index is 11.0. The van der Waals surface area contributed by atoms with Crippen molar-refractivity contribution in [2.45, 2.75) is 39.5 Å². The summed E-state index contributed by atoms with van der Waals surface area (Å²) < 4.78 is 0. The van der Waals surface area contributed by atoms with Crippen molar-refractivity contribution in [1.82, 2.24) is 4.98 Å². The molecule has 0 saturated carbocycles. The highest BCUT2D eigenvalue weighted by Gasteiger charge is 2.15. The molecule has 0 aromatic carbocycles. The first-order valence-corrected chi connectivity index (χ1v) is 7.00. The smallest absolute Gasteiger partial charge is 0.276 e. The summed E-state index contributed by atoms with van der Waals surface area (Å²) in [6, 6.07) is 2.84. The van der Waals surface area contributed by atoms with Crippen LogP contribution in [0.4, 0.5) is 17.3 Å². The molecule has 0 aliphatic heterocycles. The Hall–Kier alpha value is -1.89. The fourth-order valence-corrected chi connectivity index (χ4v) is 1.88. The van der Waals surface area contributed by atoms with Crippen LogP contribution in [0.3, 0.4) is 0 Å². The van der Waals surface area contributed by atoms with Crippen LogP contribution in [0.5, 0.6) is 0 Å². The van der Waals surface area contributed by atoms with Gasteiger partial charge < -0.3 is 10.3 Å². The number of nitro groups is 1. The van der Waals surface area contributed by atoms with Gasteiger partial charge in [-0.05, 0) is 12.8 Å². The van der Waals surface area contributed by atoms with Gasteiger partial charge in [-0.3, -0.25) is 10.1 Å². The molecule has 1 heterocycles. The second kappa shape index (κ2) is 8.31. The average Bonchev–Trinajstić information content (AvgIpc) is 2.46. The minimum Gasteiger partial charge on any atom is -0.356 e. The molecule has 0 radical (unpaired) electrons. The molecule has 0 fully saturated rings. The zero-order valence-electron chi connectivity index (χ0n) is 12.1. The first kappa shape index (κ1) is 16.2. The van der Waals surface area contributed by atoms with Gasteiger partial charge in [0.05, 0.1) is 17.1 Å². The number of hydrazine groups is 1. The van der Waals surface area contributed by atoms with Crippen molar-refractivity contribution in [2.24, 2.45) is 5.84 Å². The van der Waals surface area contributed by atoms with Gasteiger partial charge in [-0.15, -0.1) is 0 Å². The van der Waals surface area contributed by atoms with Crippen LogP contribution in [0, 0.1) is 10.1 Å². The number of rotatable bonds is 9. The molecule has 0 bridgehead atoms. The van der Waals surface area contributed by atoms with Crippen molar-refractivity contribution in [3.63, 3.8) is 0 Å². The van der Waals surface area contributed by atoms with Gasteiger partial charge in [0, 0.05) is 13.1 Å². The monoisotopic (exact) mass is 281 g/mol. The summed E-state index contributed by atoms with van der Waals surface area (Å²) in [5.41, 5.74) is 2.39. The van der Waals surface area contributed by atoms with Gasteiger partial charge in [0.25, 0.3) is 5.69 Å². The maximum Gasteiger partial charge on any atom is 0.276 e. The molecule has 20 heavy (non-hydrogen) atoms. The minimum absolute atomic E-state index is 0.000877. The molecule has 7 heteroatoms. The SMILES string of the molecule is CCCCN(CCCC)c1cc([N+](=O)[O-])cc(NN)n1. The van der Waals surface area contributed by atoms with Crippen LogP contribution in [-0.2, 0) is 0 Å². The van der Waals surface area contributed by atoms with Gasteiger partial charge in [-0.2, -0.15) is 0 Å². The van der Waals surface area contributed by atoms with Crippen molar-refractivity contribution in [3.05, 3.63) is 22.2 Å². The van der Waals surface area contributed by atoms with E-state index < -0.39 is 4.92 Å². The fourth-order valence-electron chi connectivity index (χ4n) is 1.88. The molecule has 0 spiro atoms. The number of nitrogen functional groups attached to an aromatic ring is 1. The van der Waals surface area contributed by atoms with E-state index in [1.165, 1.54) is 12.1 Å². The predicted molar refractivity (Wildman–Crippen MR) is 80.7 cm³/mol. The lowest BCUT2D eigenvalue weighted by Crippen LogP contribution is -2.27. The van der Waals surface area contributed by atoms with Crippen molar-refractivity contribution in [1.29, 1.82) is 0 Å². The third-order valence-corrected chi connectivity index (χ3v) is 3.04. The Bertz CT molecular complexity index is 431. The summed E-state index contributed by atoms with van der Waals surface area (Å²) >= 11 is 0. The third kappa shape index (κ3) is 4.65. The van der Waals surface area contributed by atoms with Crippen LogP contribution < -0.4 is 16.2 Å². The molecule has 1 aromatic heterocycles. The Morgan fingerprint density at radius 2 is 1.90 bits per heavy atom. The zero-order valence-corrected chi connectivity index (χ0v) is 12.1. The van der Waals surface area contributed by atoms with E-state index in [2.05, 4.69) is 29.2 Å². The lowest BCUT2D eigenvalue weighted by molar-refractivity contribution is -0.384. The summed E-state index contributed by atoms with van der Waals surface area (Å²) in [6.07, 6.45) is 4.19. The Labute approximate surface area is 119 Å². The van der Waals surface area contributed by atoms with Crippen molar-refractivity contribution >= 4 is 17.3 Å². The van der Waals surface area contributed by atoms with Crippen LogP contribution in [-0.4, -0.2) is 23.0 Å². The van der Waals surface area contributed by atoms with E-state index in [0.717, 1.165) is 38.8 Å². The zero-order chi connectivity index (χ0) is 15.0. The number of nitrogens with zero attached hydrogens (tertiary/aromatic N) is 3. The van der Waals surface area contributed by atoms with Gasteiger partial charge >= 0.3 is 0 Å². The molecule has 1 aromatic rings. The molecule has 0 amide bonds. The number of pyridine rings is 1. The topological polar surface area (TPSA) is 97.3 Å². The number of nitrogens with two attached hydrogens (primary N) is 1. The summed E-state index contributed by atoms with van der Waals surface area (Å²) in [7, 11) is 0. The number of hydrogen-bond donors (Lipinski definition) is 2. The largest absolute Gasteiger partial charge is 0.356 e. The number of anilines is 2. The predicted octanol–water partition coefficient (Wildman–Crippen LogP) is 2.68. The van der Waals surface area contributed by atoms with E-state index in [4.69, 9.17) is 5.84 Å². The molecule has 7 nitrogen and oxygen atoms in total. The van der Waals surface area contributed by atoms with Crippen LogP contribution in [0.15, 0.2) is 12.1 Å². The second-order valence-electron chi connectivity index (χ2n) is 4.66. The van der Waals surface area contributed by atoms with E-state index in [9.17, 15) is 10.1 Å². The molecule has 3 N–H and O–H groups in total. The van der Waals surface area contributed by atoms with Crippen LogP contribution in [0.2, 0.25) is 0 Å². The molecular formula is C13H23N5O2. The molecule has 0 aliphatic carbocycles. The third-order valence-electron chi connectivity index (χ3n) is 3.04. The maximum absolute atomic E-state index is 11.0. The Morgan fingerprint density at radius 3 is 2.35 bits per heavy atom. The molecule has 0 unspecified atom stereocenters. The summed E-state index contributed by atoms with van der Waals surface area (Å²) in [5, 5.41) is 11.0. The van der Waals surface area contributed by atoms with E-state index in [1.807, 2.05) is 0 Å². The first-order valence-electron chi connectivity index (χ1n) is 7.00. The van der Waals surface area contributed by atoms with Gasteiger partial charge in [0.15, 0.2) is 0 Å². The normalized spacial score (nSPS) is 10.3. The number of unbranched alkanes of at least 4 members (excludes halogenated alkanes) is 2. The molecular weight excluding hydrogens is 258 g/mol. The highest BCUT2D eigenvalue weighted by molar-refractivity contribution is 5.55. The van der Waals surface area contributed by atoms with E-state index in [-0.39, 0.29) is 5.69 Å². The van der Waals surface area contributed by atoms with E-state index >= 15 is 0 Å². The highest BCUT2D eigenvalue weighted by Crippen LogP contribution is 2.23. The summed E-state index contributed by atoms with van der Waals surface area (Å²) in [5.74, 6) is 6.25. The lowest BCUT2D eigenvalue weighted by atomic mass is 10.2. The first-order chi connectivity index (χ1) is 9.62. The molecule has 0 aliphatic rings. The van der Waals surface area contributed by atoms with E-state index in [0.29, 0.717) is 11.6 Å². The fraction of sp³-hybridized carbons (Fsp3) is 0.615. The van der Waals surface area contributed by atoms with Gasteiger partial charge in [0.1, 0.15) is 11.6 Å². The van der Waals surface area contributed by atoms with Crippen molar-refractivity contribution in [3.8, 4) is 0 Å².